The molecule has 0 aliphatic carbocycles. The molecule has 0 N–H and O–H groups in total. The van der Waals surface area contributed by atoms with Crippen molar-refractivity contribution < 1.29 is 9.13 Å². The Labute approximate surface area is 92.9 Å². The van der Waals surface area contributed by atoms with Crippen molar-refractivity contribution in [1.82, 2.24) is 9.97 Å². The van der Waals surface area contributed by atoms with E-state index >= 15 is 0 Å². The van der Waals surface area contributed by atoms with Crippen LogP contribution < -0.4 is 4.74 Å². The molecule has 1 aromatic heterocycles. The number of rotatable bonds is 2. The minimum atomic E-state index is -0.301. The van der Waals surface area contributed by atoms with Gasteiger partial charge < -0.3 is 4.74 Å². The molecule has 0 fully saturated rings. The molecule has 0 aliphatic rings. The fourth-order valence-corrected chi connectivity index (χ4v) is 1.22. The highest BCUT2D eigenvalue weighted by Gasteiger charge is 2.03. The topological polar surface area (TPSA) is 35.0 Å². The van der Waals surface area contributed by atoms with Gasteiger partial charge in [0.2, 0.25) is 0 Å². The largest absolute Gasteiger partial charge is 0.424 e. The predicted molar refractivity (Wildman–Crippen MR) is 58.0 cm³/mol. The fraction of sp³-hybridized carbons (Fsp3) is 0.167. The van der Waals surface area contributed by atoms with Crippen LogP contribution in [0.3, 0.4) is 0 Å². The van der Waals surface area contributed by atoms with Gasteiger partial charge in [0.15, 0.2) is 0 Å². The summed E-state index contributed by atoms with van der Waals surface area (Å²) in [5.74, 6) is 0.0962. The lowest BCUT2D eigenvalue weighted by atomic mass is 10.2. The maximum Gasteiger partial charge on any atom is 0.322 e. The van der Waals surface area contributed by atoms with Gasteiger partial charge in [0, 0.05) is 18.0 Å². The second kappa shape index (κ2) is 4.26. The van der Waals surface area contributed by atoms with Crippen molar-refractivity contribution in [3.8, 4) is 11.8 Å². The Morgan fingerprint density at radius 2 is 2.00 bits per heavy atom. The maximum absolute atomic E-state index is 13.2. The van der Waals surface area contributed by atoms with Crippen LogP contribution in [0, 0.1) is 19.7 Å². The average molecular weight is 218 g/mol. The highest BCUT2D eigenvalue weighted by atomic mass is 19.1. The number of hydrogen-bond donors (Lipinski definition) is 0. The number of aromatic nitrogens is 2. The van der Waals surface area contributed by atoms with Gasteiger partial charge in [-0.15, -0.1) is 0 Å². The lowest BCUT2D eigenvalue weighted by molar-refractivity contribution is 0.436. The number of benzene rings is 1. The molecule has 0 radical (unpaired) electrons. The molecule has 0 aliphatic heterocycles. The molecular formula is C12H11FN2O. The van der Waals surface area contributed by atoms with E-state index in [0.717, 1.165) is 5.69 Å². The number of aryl methyl sites for hydroxylation is 2. The monoisotopic (exact) mass is 218 g/mol. The quantitative estimate of drug-likeness (QED) is 0.777. The molecule has 0 saturated heterocycles. The molecule has 2 rings (SSSR count). The standard InChI is InChI=1S/C12H11FN2O/c1-8-3-4-10(7-11(8)13)16-12-14-6-5-9(2)15-12/h3-7H,1-2H3. The second-order valence-electron chi connectivity index (χ2n) is 3.49. The van der Waals surface area contributed by atoms with Gasteiger partial charge in [-0.1, -0.05) is 6.07 Å². The molecule has 4 heteroatoms. The van der Waals surface area contributed by atoms with Gasteiger partial charge in [-0.05, 0) is 31.5 Å². The SMILES string of the molecule is Cc1ccnc(Oc2ccc(C)c(F)c2)n1. The Morgan fingerprint density at radius 1 is 1.19 bits per heavy atom. The zero-order chi connectivity index (χ0) is 11.5. The van der Waals surface area contributed by atoms with Gasteiger partial charge in [0.1, 0.15) is 11.6 Å². The minimum absolute atomic E-state index is 0.225. The molecule has 82 valence electrons. The van der Waals surface area contributed by atoms with Crippen LogP contribution in [0.25, 0.3) is 0 Å². The normalized spacial score (nSPS) is 10.2. The first kappa shape index (κ1) is 10.5. The Balaban J connectivity index is 2.24. The molecule has 0 amide bonds. The number of nitrogens with zero attached hydrogens (tertiary/aromatic N) is 2. The molecule has 16 heavy (non-hydrogen) atoms. The summed E-state index contributed by atoms with van der Waals surface area (Å²) >= 11 is 0. The van der Waals surface area contributed by atoms with Crippen LogP contribution in [-0.2, 0) is 0 Å². The Bertz CT molecular complexity index is 514. The molecule has 3 nitrogen and oxygen atoms in total. The molecule has 0 unspecified atom stereocenters. The van der Waals surface area contributed by atoms with Crippen molar-refractivity contribution in [2.45, 2.75) is 13.8 Å². The van der Waals surface area contributed by atoms with E-state index in [1.54, 1.807) is 31.3 Å². The van der Waals surface area contributed by atoms with Crippen LogP contribution in [-0.4, -0.2) is 9.97 Å². The van der Waals surface area contributed by atoms with Crippen molar-refractivity contribution in [2.24, 2.45) is 0 Å². The third-order valence-electron chi connectivity index (χ3n) is 2.13. The highest BCUT2D eigenvalue weighted by molar-refractivity contribution is 5.29. The Kier molecular flexibility index (Phi) is 2.81. The van der Waals surface area contributed by atoms with Gasteiger partial charge in [-0.25, -0.2) is 14.4 Å². The summed E-state index contributed by atoms with van der Waals surface area (Å²) in [5.41, 5.74) is 1.38. The van der Waals surface area contributed by atoms with E-state index in [-0.39, 0.29) is 11.8 Å². The molecule has 0 saturated carbocycles. The third kappa shape index (κ3) is 2.34. The summed E-state index contributed by atoms with van der Waals surface area (Å²) in [4.78, 5) is 8.00. The molecule has 1 heterocycles. The summed E-state index contributed by atoms with van der Waals surface area (Å²) in [5, 5.41) is 0. The fourth-order valence-electron chi connectivity index (χ4n) is 1.22. The highest BCUT2D eigenvalue weighted by Crippen LogP contribution is 2.20. The molecule has 1 aromatic carbocycles. The zero-order valence-corrected chi connectivity index (χ0v) is 9.07. The smallest absolute Gasteiger partial charge is 0.322 e. The van der Waals surface area contributed by atoms with Crippen LogP contribution in [0.15, 0.2) is 30.5 Å². The van der Waals surface area contributed by atoms with Crippen molar-refractivity contribution in [3.63, 3.8) is 0 Å². The number of halogens is 1. The zero-order valence-electron chi connectivity index (χ0n) is 9.07. The van der Waals surface area contributed by atoms with E-state index in [0.29, 0.717) is 11.3 Å². The van der Waals surface area contributed by atoms with Gasteiger partial charge in [-0.3, -0.25) is 0 Å². The van der Waals surface area contributed by atoms with Crippen molar-refractivity contribution >= 4 is 0 Å². The lowest BCUT2D eigenvalue weighted by Crippen LogP contribution is -1.93. The van der Waals surface area contributed by atoms with E-state index in [2.05, 4.69) is 9.97 Å². The summed E-state index contributed by atoms with van der Waals surface area (Å²) in [6.45, 7) is 3.53. The Hall–Kier alpha value is -1.97. The second-order valence-corrected chi connectivity index (χ2v) is 3.49. The first-order chi connectivity index (χ1) is 7.65. The van der Waals surface area contributed by atoms with Crippen LogP contribution in [0.5, 0.6) is 11.8 Å². The minimum Gasteiger partial charge on any atom is -0.424 e. The van der Waals surface area contributed by atoms with Gasteiger partial charge >= 0.3 is 6.01 Å². The van der Waals surface area contributed by atoms with Crippen LogP contribution in [0.2, 0.25) is 0 Å². The summed E-state index contributed by atoms with van der Waals surface area (Å²) < 4.78 is 18.6. The van der Waals surface area contributed by atoms with Gasteiger partial charge in [0.05, 0.1) is 0 Å². The van der Waals surface area contributed by atoms with Crippen LogP contribution in [0.4, 0.5) is 4.39 Å². The van der Waals surface area contributed by atoms with Crippen LogP contribution in [0.1, 0.15) is 11.3 Å². The van der Waals surface area contributed by atoms with E-state index in [9.17, 15) is 4.39 Å². The van der Waals surface area contributed by atoms with Crippen molar-refractivity contribution in [3.05, 3.63) is 47.5 Å². The van der Waals surface area contributed by atoms with E-state index < -0.39 is 0 Å². The third-order valence-corrected chi connectivity index (χ3v) is 2.13. The Morgan fingerprint density at radius 3 is 2.69 bits per heavy atom. The molecule has 0 atom stereocenters. The number of ether oxygens (including phenoxy) is 1. The number of hydrogen-bond acceptors (Lipinski definition) is 3. The summed E-state index contributed by atoms with van der Waals surface area (Å²) in [6.07, 6.45) is 1.60. The van der Waals surface area contributed by atoms with Crippen LogP contribution >= 0.6 is 0 Å². The molecule has 0 bridgehead atoms. The first-order valence-corrected chi connectivity index (χ1v) is 4.89. The van der Waals surface area contributed by atoms with Crippen molar-refractivity contribution in [1.29, 1.82) is 0 Å². The van der Waals surface area contributed by atoms with E-state index in [1.807, 2.05) is 6.92 Å². The predicted octanol–water partition coefficient (Wildman–Crippen LogP) is 3.02. The summed E-state index contributed by atoms with van der Waals surface area (Å²) in [7, 11) is 0. The maximum atomic E-state index is 13.2. The molecular weight excluding hydrogens is 207 g/mol. The van der Waals surface area contributed by atoms with Gasteiger partial charge in [0.25, 0.3) is 0 Å². The molecule has 0 spiro atoms. The molecule has 2 aromatic rings. The first-order valence-electron chi connectivity index (χ1n) is 4.89. The average Bonchev–Trinajstić information content (AvgIpc) is 2.24. The van der Waals surface area contributed by atoms with E-state index in [4.69, 9.17) is 4.74 Å². The lowest BCUT2D eigenvalue weighted by Gasteiger charge is -2.04. The van der Waals surface area contributed by atoms with Gasteiger partial charge in [-0.2, -0.15) is 0 Å². The van der Waals surface area contributed by atoms with Crippen molar-refractivity contribution in [2.75, 3.05) is 0 Å². The summed E-state index contributed by atoms with van der Waals surface area (Å²) in [6, 6.07) is 6.65. The van der Waals surface area contributed by atoms with E-state index in [1.165, 1.54) is 6.07 Å².